The van der Waals surface area contributed by atoms with Gasteiger partial charge in [0.15, 0.2) is 0 Å². The number of hydrogen-bond acceptors (Lipinski definition) is 12. The average molecular weight is 534 g/mol. The number of hydrogen-bond donors (Lipinski definition) is 0. The van der Waals surface area contributed by atoms with Crippen LogP contribution < -0.4 is 0 Å². The first-order valence-corrected chi connectivity index (χ1v) is 2.83. The predicted molar refractivity (Wildman–Crippen MR) is 81.0 cm³/mol. The van der Waals surface area contributed by atoms with Gasteiger partial charge >= 0.3 is 0 Å². The van der Waals surface area contributed by atoms with E-state index in [0.717, 1.165) is 0 Å². The van der Waals surface area contributed by atoms with Crippen LogP contribution >= 0.6 is 0 Å². The molecule has 0 aromatic heterocycles. The van der Waals surface area contributed by atoms with Gasteiger partial charge in [-0.05, 0) is 0 Å². The first-order chi connectivity index (χ1) is 12.0. The molecule has 0 aliphatic carbocycles. The van der Waals surface area contributed by atoms with Crippen LogP contribution in [0.4, 0.5) is 0 Å². The molecule has 0 atom stereocenters. The Morgan fingerprint density at radius 1 is 0.160 bits per heavy atom. The van der Waals surface area contributed by atoms with Crippen molar-refractivity contribution in [2.24, 2.45) is 0 Å². The molecular weight excluding hydrogens is 522 g/mol. The van der Waals surface area contributed by atoms with E-state index < -0.39 is 0 Å². The summed E-state index contributed by atoms with van der Waals surface area (Å²) in [6.07, 6.45) is 0. The second kappa shape index (κ2) is 739. The number of carbonyl (C=O) groups excluding carboxylic acids is 12. The van der Waals surface area contributed by atoms with Gasteiger partial charge in [0.1, 0.15) is 0 Å². The van der Waals surface area contributed by atoms with E-state index in [9.17, 15) is 0 Å². The molecule has 0 amide bonds. The van der Waals surface area contributed by atoms with Gasteiger partial charge in [-0.25, -0.2) is 0 Å². The summed E-state index contributed by atoms with van der Waals surface area (Å²) in [4.78, 5) is 93.0. The summed E-state index contributed by atoms with van der Waals surface area (Å²) in [7, 11) is 0. The Morgan fingerprint density at radius 2 is 0.160 bits per heavy atom. The fraction of sp³-hybridized carbons (Fsp3) is 0. The SMILES string of the molecule is [CH-]=O.[CH-]=O.[CH-]=O.[CH-]=O.[CH-]=O.[CH-]=O.[CH-]=O.[CH-]=O.[CH-]=O.[CH-]=O.[CH-]=O.[CH-]=O.[Re]. The second-order valence-corrected chi connectivity index (χ2v) is 0. The van der Waals surface area contributed by atoms with E-state index in [4.69, 9.17) is 57.5 Å². The van der Waals surface area contributed by atoms with Crippen LogP contribution in [0, 0.1) is 0 Å². The molecule has 0 unspecified atom stereocenters. The van der Waals surface area contributed by atoms with E-state index in [1.165, 1.54) is 0 Å². The van der Waals surface area contributed by atoms with Crippen LogP contribution in [0.25, 0.3) is 0 Å². The fourth-order valence-corrected chi connectivity index (χ4v) is 0. The predicted octanol–water partition coefficient (Wildman–Crippen LogP) is -3.29. The average Bonchev–Trinajstić information content (AvgIpc) is 2.84. The molecular formula is C12H12O12Re-12. The van der Waals surface area contributed by atoms with Gasteiger partial charge in [-0.2, -0.15) is 0 Å². The summed E-state index contributed by atoms with van der Waals surface area (Å²) in [5.74, 6) is 0. The molecule has 0 N–H and O–H groups in total. The monoisotopic (exact) mass is 535 g/mol. The Morgan fingerprint density at radius 3 is 0.160 bits per heavy atom. The Balaban J connectivity index is -0.00000000569. The van der Waals surface area contributed by atoms with Crippen molar-refractivity contribution in [1.29, 1.82) is 0 Å². The van der Waals surface area contributed by atoms with Crippen molar-refractivity contribution < 1.29 is 78.0 Å². The molecule has 0 aliphatic rings. The van der Waals surface area contributed by atoms with Crippen LogP contribution in [0.2, 0.25) is 0 Å². The summed E-state index contributed by atoms with van der Waals surface area (Å²) in [6, 6.07) is 0. The maximum atomic E-state index is 7.75. The molecule has 13 heteroatoms. The van der Waals surface area contributed by atoms with Crippen LogP contribution in [0.5, 0.6) is 0 Å². The molecule has 0 fully saturated rings. The molecule has 0 saturated heterocycles. The molecule has 0 spiro atoms. The zero-order chi connectivity index (χ0) is 24.0. The zero-order valence-corrected chi connectivity index (χ0v) is 14.9. The summed E-state index contributed by atoms with van der Waals surface area (Å²) >= 11 is 0. The minimum atomic E-state index is 0. The summed E-state index contributed by atoms with van der Waals surface area (Å²) in [5, 5.41) is 0. The molecule has 0 heterocycles. The van der Waals surface area contributed by atoms with Crippen molar-refractivity contribution in [3.63, 3.8) is 0 Å². The van der Waals surface area contributed by atoms with E-state index in [1.807, 2.05) is 0 Å². The van der Waals surface area contributed by atoms with E-state index in [2.05, 4.69) is 81.5 Å². The van der Waals surface area contributed by atoms with Gasteiger partial charge in [-0.3, -0.25) is 81.5 Å². The van der Waals surface area contributed by atoms with Crippen molar-refractivity contribution in [3.05, 3.63) is 0 Å². The second-order valence-electron chi connectivity index (χ2n) is 0. The minimum Gasteiger partial charge on any atom is -0.545 e. The minimum absolute atomic E-state index is 0. The third-order valence-electron chi connectivity index (χ3n) is 0. The van der Waals surface area contributed by atoms with E-state index in [0.29, 0.717) is 0 Å². The third kappa shape index (κ3) is 666. The quantitative estimate of drug-likeness (QED) is 0.221. The van der Waals surface area contributed by atoms with Gasteiger partial charge in [-0.15, -0.1) is 0 Å². The molecule has 12 nitrogen and oxygen atoms in total. The molecule has 0 saturated carbocycles. The normalized spacial score (nSPS) is 1.92. The van der Waals surface area contributed by atoms with Crippen molar-refractivity contribution >= 4 is 81.5 Å². The molecule has 0 bridgehead atoms. The largest absolute Gasteiger partial charge is 0.545 e. The Kier molecular flexibility index (Phi) is 3630. The van der Waals surface area contributed by atoms with Gasteiger partial charge < -0.3 is 57.5 Å². The van der Waals surface area contributed by atoms with Gasteiger partial charge in [0.25, 0.3) is 0 Å². The molecule has 0 aromatic carbocycles. The molecule has 151 valence electrons. The number of rotatable bonds is 0. The van der Waals surface area contributed by atoms with E-state index >= 15 is 0 Å². The molecule has 1 radical (unpaired) electrons. The summed E-state index contributed by atoms with van der Waals surface area (Å²) < 4.78 is 0. The molecule has 25 heavy (non-hydrogen) atoms. The van der Waals surface area contributed by atoms with Gasteiger partial charge in [-0.1, -0.05) is 0 Å². The smallest absolute Gasteiger partial charge is 0 e. The van der Waals surface area contributed by atoms with Gasteiger partial charge in [0, 0.05) is 20.4 Å². The van der Waals surface area contributed by atoms with Crippen LogP contribution in [0.15, 0.2) is 0 Å². The Bertz CT molecular complexity index is 73.1. The maximum Gasteiger partial charge on any atom is 0 e. The molecule has 0 rings (SSSR count). The van der Waals surface area contributed by atoms with Crippen molar-refractivity contribution in [2.45, 2.75) is 0 Å². The Labute approximate surface area is 160 Å². The van der Waals surface area contributed by atoms with Gasteiger partial charge in [0.05, 0.1) is 0 Å². The Hall–Kier alpha value is -3.30. The van der Waals surface area contributed by atoms with Crippen molar-refractivity contribution in [3.8, 4) is 0 Å². The van der Waals surface area contributed by atoms with E-state index in [-0.39, 0.29) is 20.4 Å². The maximum absolute atomic E-state index is 7.75. The summed E-state index contributed by atoms with van der Waals surface area (Å²) in [5.41, 5.74) is 0. The van der Waals surface area contributed by atoms with Crippen LogP contribution in [-0.4, -0.2) is 81.5 Å². The van der Waals surface area contributed by atoms with Crippen molar-refractivity contribution in [2.75, 3.05) is 0 Å². The standard InChI is InChI=1S/12CHO.Re/c12*1-2;/h12*1H;/q12*-1;. The van der Waals surface area contributed by atoms with Crippen LogP contribution in [0.1, 0.15) is 0 Å². The topological polar surface area (TPSA) is 205 Å². The van der Waals surface area contributed by atoms with E-state index in [1.54, 1.807) is 0 Å². The molecule has 0 aromatic rings. The molecule has 0 aliphatic heterocycles. The fourth-order valence-electron chi connectivity index (χ4n) is 0. The zero-order valence-electron chi connectivity index (χ0n) is 12.2. The van der Waals surface area contributed by atoms with Gasteiger partial charge in [0.2, 0.25) is 0 Å². The van der Waals surface area contributed by atoms with Crippen LogP contribution in [0.3, 0.4) is 0 Å². The van der Waals surface area contributed by atoms with Crippen molar-refractivity contribution in [1.82, 2.24) is 0 Å². The summed E-state index contributed by atoms with van der Waals surface area (Å²) in [6.45, 7) is 39.0. The third-order valence-corrected chi connectivity index (χ3v) is 0. The first kappa shape index (κ1) is 123. The first-order valence-electron chi connectivity index (χ1n) is 2.83. The van der Waals surface area contributed by atoms with Crippen LogP contribution in [-0.2, 0) is 78.0 Å².